The Morgan fingerprint density at radius 1 is 1.10 bits per heavy atom. The van der Waals surface area contributed by atoms with E-state index in [2.05, 4.69) is 10.6 Å². The molecule has 3 amide bonds. The number of rotatable bonds is 4. The standard InChI is InChI=1S/C21H22FN3O4/c22-15-4-1-2-5-16(15)23-21(27)24-20(26)13-25-9-3-6-17(25)14-7-8-18-19(12-14)29-11-10-28-18/h1-2,4-5,7-8,12,17H,3,6,9-11,13H2,(H2,23,24,26,27)/p+1/t17-/m0/s1. The topological polar surface area (TPSA) is 81.1 Å². The fourth-order valence-electron chi connectivity index (χ4n) is 3.90. The average molecular weight is 400 g/mol. The van der Waals surface area contributed by atoms with E-state index in [1.54, 1.807) is 6.07 Å². The van der Waals surface area contributed by atoms with Crippen molar-refractivity contribution in [3.05, 3.63) is 53.8 Å². The van der Waals surface area contributed by atoms with Gasteiger partial charge in [-0.15, -0.1) is 0 Å². The van der Waals surface area contributed by atoms with Crippen molar-refractivity contribution in [1.82, 2.24) is 5.32 Å². The third kappa shape index (κ3) is 4.48. The molecule has 0 aliphatic carbocycles. The fraction of sp³-hybridized carbons (Fsp3) is 0.333. The Morgan fingerprint density at radius 2 is 1.90 bits per heavy atom. The van der Waals surface area contributed by atoms with Crippen molar-refractivity contribution in [2.24, 2.45) is 0 Å². The minimum Gasteiger partial charge on any atom is -0.486 e. The molecule has 0 radical (unpaired) electrons. The van der Waals surface area contributed by atoms with E-state index in [0.717, 1.165) is 41.3 Å². The van der Waals surface area contributed by atoms with Crippen molar-refractivity contribution in [2.45, 2.75) is 18.9 Å². The highest BCUT2D eigenvalue weighted by Gasteiger charge is 2.32. The van der Waals surface area contributed by atoms with Crippen molar-refractivity contribution in [3.8, 4) is 11.5 Å². The number of halogens is 1. The average Bonchev–Trinajstić information content (AvgIpc) is 3.17. The molecular formula is C21H23FN3O4+. The Balaban J connectivity index is 1.36. The van der Waals surface area contributed by atoms with Gasteiger partial charge in [-0.1, -0.05) is 12.1 Å². The van der Waals surface area contributed by atoms with Gasteiger partial charge in [-0.2, -0.15) is 0 Å². The highest BCUT2D eigenvalue weighted by molar-refractivity contribution is 6.01. The number of para-hydroxylation sites is 1. The monoisotopic (exact) mass is 400 g/mol. The van der Waals surface area contributed by atoms with Crippen molar-refractivity contribution in [3.63, 3.8) is 0 Å². The molecule has 1 saturated heterocycles. The molecule has 7 nitrogen and oxygen atoms in total. The number of benzene rings is 2. The molecule has 3 N–H and O–H groups in total. The summed E-state index contributed by atoms with van der Waals surface area (Å²) in [6.45, 7) is 2.06. The molecule has 2 atom stereocenters. The number of quaternary nitrogens is 1. The maximum atomic E-state index is 13.6. The Kier molecular flexibility index (Phi) is 5.62. The lowest BCUT2D eigenvalue weighted by molar-refractivity contribution is -0.910. The molecule has 0 spiro atoms. The first-order valence-electron chi connectivity index (χ1n) is 9.69. The third-order valence-corrected chi connectivity index (χ3v) is 5.21. The Labute approximate surface area is 167 Å². The molecule has 2 aromatic rings. The minimum absolute atomic E-state index is 0.0282. The van der Waals surface area contributed by atoms with Crippen LogP contribution in [0.4, 0.5) is 14.9 Å². The fourth-order valence-corrected chi connectivity index (χ4v) is 3.90. The second-order valence-electron chi connectivity index (χ2n) is 7.17. The van der Waals surface area contributed by atoms with Gasteiger partial charge in [-0.3, -0.25) is 10.1 Å². The quantitative estimate of drug-likeness (QED) is 0.729. The zero-order chi connectivity index (χ0) is 20.2. The number of imide groups is 1. The van der Waals surface area contributed by atoms with Crippen LogP contribution < -0.4 is 25.0 Å². The molecule has 0 bridgehead atoms. The third-order valence-electron chi connectivity index (χ3n) is 5.21. The van der Waals surface area contributed by atoms with Gasteiger partial charge in [0.2, 0.25) is 0 Å². The van der Waals surface area contributed by atoms with E-state index in [1.807, 2.05) is 18.2 Å². The molecule has 0 saturated carbocycles. The van der Waals surface area contributed by atoms with Crippen LogP contribution >= 0.6 is 0 Å². The number of amides is 3. The smallest absolute Gasteiger partial charge is 0.326 e. The van der Waals surface area contributed by atoms with Crippen molar-refractivity contribution in [2.75, 3.05) is 31.6 Å². The van der Waals surface area contributed by atoms with Gasteiger partial charge >= 0.3 is 6.03 Å². The first-order chi connectivity index (χ1) is 14.1. The Hall–Kier alpha value is -3.13. The number of hydrogen-bond donors (Lipinski definition) is 3. The van der Waals surface area contributed by atoms with E-state index in [9.17, 15) is 14.0 Å². The van der Waals surface area contributed by atoms with E-state index in [4.69, 9.17) is 9.47 Å². The number of nitrogens with one attached hydrogen (secondary N) is 3. The van der Waals surface area contributed by atoms with E-state index in [-0.39, 0.29) is 18.3 Å². The first-order valence-corrected chi connectivity index (χ1v) is 9.69. The van der Waals surface area contributed by atoms with Gasteiger partial charge in [0.25, 0.3) is 5.91 Å². The number of anilines is 1. The van der Waals surface area contributed by atoms with Crippen LogP contribution in [0.5, 0.6) is 11.5 Å². The minimum atomic E-state index is -0.741. The summed E-state index contributed by atoms with van der Waals surface area (Å²) in [7, 11) is 0. The van der Waals surface area contributed by atoms with Crippen LogP contribution in [0.25, 0.3) is 0 Å². The summed E-state index contributed by atoms with van der Waals surface area (Å²) in [6.07, 6.45) is 1.94. The molecule has 2 aromatic carbocycles. The highest BCUT2D eigenvalue weighted by Crippen LogP contribution is 2.33. The summed E-state index contributed by atoms with van der Waals surface area (Å²) < 4.78 is 24.9. The molecular weight excluding hydrogens is 377 g/mol. The lowest BCUT2D eigenvalue weighted by atomic mass is 10.0. The molecule has 2 heterocycles. The van der Waals surface area contributed by atoms with Gasteiger partial charge in [-0.25, -0.2) is 9.18 Å². The molecule has 2 aliphatic rings. The summed E-state index contributed by atoms with van der Waals surface area (Å²) >= 11 is 0. The summed E-state index contributed by atoms with van der Waals surface area (Å²) in [4.78, 5) is 25.5. The zero-order valence-electron chi connectivity index (χ0n) is 15.9. The van der Waals surface area contributed by atoms with Crippen LogP contribution in [-0.4, -0.2) is 38.2 Å². The maximum Gasteiger partial charge on any atom is 0.326 e. The van der Waals surface area contributed by atoms with Crippen LogP contribution in [0.2, 0.25) is 0 Å². The zero-order valence-corrected chi connectivity index (χ0v) is 15.9. The molecule has 29 heavy (non-hydrogen) atoms. The predicted octanol–water partition coefficient (Wildman–Crippen LogP) is 1.67. The van der Waals surface area contributed by atoms with E-state index >= 15 is 0 Å². The summed E-state index contributed by atoms with van der Waals surface area (Å²) in [5, 5.41) is 4.64. The maximum absolute atomic E-state index is 13.6. The summed E-state index contributed by atoms with van der Waals surface area (Å²) in [6, 6.07) is 11.1. The summed E-state index contributed by atoms with van der Waals surface area (Å²) in [5.41, 5.74) is 1.12. The van der Waals surface area contributed by atoms with Crippen molar-refractivity contribution < 1.29 is 28.4 Å². The van der Waals surface area contributed by atoms with Crippen LogP contribution in [0.15, 0.2) is 42.5 Å². The largest absolute Gasteiger partial charge is 0.486 e. The van der Waals surface area contributed by atoms with Gasteiger partial charge < -0.3 is 19.7 Å². The van der Waals surface area contributed by atoms with Gasteiger partial charge in [0.05, 0.1) is 12.2 Å². The van der Waals surface area contributed by atoms with Gasteiger partial charge in [0, 0.05) is 18.4 Å². The molecule has 0 aromatic heterocycles. The lowest BCUT2D eigenvalue weighted by Gasteiger charge is -2.23. The second-order valence-corrected chi connectivity index (χ2v) is 7.17. The van der Waals surface area contributed by atoms with Crippen LogP contribution in [0.3, 0.4) is 0 Å². The van der Waals surface area contributed by atoms with E-state index in [1.165, 1.54) is 18.2 Å². The molecule has 1 unspecified atom stereocenters. The second kappa shape index (κ2) is 8.48. The number of ether oxygens (including phenoxy) is 2. The van der Waals surface area contributed by atoms with Gasteiger partial charge in [-0.05, 0) is 30.3 Å². The normalized spacial score (nSPS) is 20.2. The van der Waals surface area contributed by atoms with Gasteiger partial charge in [0.15, 0.2) is 18.0 Å². The predicted molar refractivity (Wildman–Crippen MR) is 104 cm³/mol. The number of hydrogen-bond acceptors (Lipinski definition) is 4. The molecule has 8 heteroatoms. The van der Waals surface area contributed by atoms with Crippen LogP contribution in [0, 0.1) is 5.82 Å². The molecule has 152 valence electrons. The SMILES string of the molecule is O=C(C[NH+]1CCC[C@H]1c1ccc2c(c1)OCCO2)NC(=O)Nc1ccccc1F. The van der Waals surface area contributed by atoms with Crippen LogP contribution in [0.1, 0.15) is 24.4 Å². The number of urea groups is 1. The molecule has 1 fully saturated rings. The first kappa shape index (κ1) is 19.2. The van der Waals surface area contributed by atoms with E-state index in [0.29, 0.717) is 13.2 Å². The van der Waals surface area contributed by atoms with Crippen LogP contribution in [-0.2, 0) is 4.79 Å². The Bertz CT molecular complexity index is 921. The van der Waals surface area contributed by atoms with Gasteiger partial charge in [0.1, 0.15) is 25.1 Å². The number of carbonyl (C=O) groups is 2. The molecule has 2 aliphatic heterocycles. The number of carbonyl (C=O) groups excluding carboxylic acids is 2. The van der Waals surface area contributed by atoms with Crippen molar-refractivity contribution in [1.29, 1.82) is 0 Å². The highest BCUT2D eigenvalue weighted by atomic mass is 19.1. The number of fused-ring (bicyclic) bond motifs is 1. The van der Waals surface area contributed by atoms with Crippen molar-refractivity contribution >= 4 is 17.6 Å². The lowest BCUT2D eigenvalue weighted by Crippen LogP contribution is -3.11. The molecule has 4 rings (SSSR count). The summed E-state index contributed by atoms with van der Waals surface area (Å²) in [5.74, 6) is 0.507. The van der Waals surface area contributed by atoms with E-state index < -0.39 is 17.8 Å². The Morgan fingerprint density at radius 3 is 2.72 bits per heavy atom. The number of likely N-dealkylation sites (tertiary alicyclic amines) is 1.